The molecule has 7 nitrogen and oxygen atoms in total. The minimum Gasteiger partial charge on any atom is -0.493 e. The average Bonchev–Trinajstić information content (AvgIpc) is 3.26. The van der Waals surface area contributed by atoms with Crippen LogP contribution in [-0.2, 0) is 4.74 Å². The number of hydrogen-bond acceptors (Lipinski definition) is 8. The Labute approximate surface area is 192 Å². The smallest absolute Gasteiger partial charge is 0.161 e. The summed E-state index contributed by atoms with van der Waals surface area (Å²) in [7, 11) is 1.57. The summed E-state index contributed by atoms with van der Waals surface area (Å²) in [6, 6.07) is 13.6. The molecule has 0 N–H and O–H groups in total. The molecular weight excluding hydrogens is 426 g/mol. The fraction of sp³-hybridized carbons (Fsp3) is 0.417. The molecule has 2 heterocycles. The van der Waals surface area contributed by atoms with E-state index in [1.165, 1.54) is 17.0 Å². The monoisotopic (exact) mass is 455 g/mol. The number of anilines is 1. The predicted molar refractivity (Wildman–Crippen MR) is 128 cm³/mol. The minimum absolute atomic E-state index is 0.000970. The number of rotatable bonds is 10. The largest absolute Gasteiger partial charge is 0.493 e. The zero-order chi connectivity index (χ0) is 22.3. The number of nitrogens with zero attached hydrogens (tertiary/aromatic N) is 3. The van der Waals surface area contributed by atoms with Crippen LogP contribution in [0.1, 0.15) is 17.3 Å². The normalized spacial score (nSPS) is 14.6. The van der Waals surface area contributed by atoms with Gasteiger partial charge in [0.1, 0.15) is 12.4 Å². The Morgan fingerprint density at radius 3 is 2.62 bits per heavy atom. The summed E-state index contributed by atoms with van der Waals surface area (Å²) < 4.78 is 22.8. The highest BCUT2D eigenvalue weighted by Gasteiger charge is 2.20. The third-order valence-corrected chi connectivity index (χ3v) is 6.45. The lowest BCUT2D eigenvalue weighted by Crippen LogP contribution is -2.47. The summed E-state index contributed by atoms with van der Waals surface area (Å²) in [6.07, 6.45) is 0. The molecule has 8 heteroatoms. The summed E-state index contributed by atoms with van der Waals surface area (Å²) in [4.78, 5) is 16.3. The quantitative estimate of drug-likeness (QED) is 0.341. The summed E-state index contributed by atoms with van der Waals surface area (Å²) in [5.74, 6) is 2.29. The van der Waals surface area contributed by atoms with Crippen LogP contribution in [0, 0.1) is 0 Å². The van der Waals surface area contributed by atoms with Crippen molar-refractivity contribution in [3.05, 3.63) is 48.0 Å². The van der Waals surface area contributed by atoms with E-state index in [1.807, 2.05) is 0 Å². The Morgan fingerprint density at radius 2 is 1.84 bits per heavy atom. The lowest BCUT2D eigenvalue weighted by Gasteiger charge is -2.35. The van der Waals surface area contributed by atoms with Gasteiger partial charge in [-0.15, -0.1) is 0 Å². The van der Waals surface area contributed by atoms with Crippen molar-refractivity contribution in [3.8, 4) is 11.5 Å². The second kappa shape index (κ2) is 10.8. The highest BCUT2D eigenvalue weighted by Crippen LogP contribution is 2.30. The van der Waals surface area contributed by atoms with Crippen molar-refractivity contribution in [2.75, 3.05) is 64.6 Å². The molecule has 32 heavy (non-hydrogen) atoms. The first-order valence-corrected chi connectivity index (χ1v) is 11.6. The maximum Gasteiger partial charge on any atom is 0.161 e. The standard InChI is InChI=1S/C24H29N3O4S/c1-18(28)19-7-8-21(22(17-19)29-2)31-16-15-30-14-13-26-9-11-27(12-10-26)24-20-5-3-4-6-23(20)32-25-24/h3-8,17H,9-16H2,1-2H3. The topological polar surface area (TPSA) is 64.1 Å². The predicted octanol–water partition coefficient (Wildman–Crippen LogP) is 3.73. The molecule has 0 atom stereocenters. The van der Waals surface area contributed by atoms with Crippen LogP contribution >= 0.6 is 11.5 Å². The molecule has 0 saturated carbocycles. The Balaban J connectivity index is 1.14. The molecule has 170 valence electrons. The number of aromatic nitrogens is 1. The van der Waals surface area contributed by atoms with Crippen molar-refractivity contribution < 1.29 is 19.0 Å². The highest BCUT2D eigenvalue weighted by atomic mass is 32.1. The van der Waals surface area contributed by atoms with E-state index in [0.717, 1.165) is 38.5 Å². The molecule has 3 aromatic rings. The number of benzene rings is 2. The van der Waals surface area contributed by atoms with Gasteiger partial charge < -0.3 is 19.1 Å². The fourth-order valence-corrected chi connectivity index (χ4v) is 4.59. The van der Waals surface area contributed by atoms with Gasteiger partial charge in [0.2, 0.25) is 0 Å². The molecule has 1 aliphatic heterocycles. The number of piperazine rings is 1. The van der Waals surface area contributed by atoms with E-state index >= 15 is 0 Å². The molecule has 1 aliphatic rings. The SMILES string of the molecule is COc1cc(C(C)=O)ccc1OCCOCCN1CCN(c2nsc3ccccc23)CC1. The van der Waals surface area contributed by atoms with E-state index < -0.39 is 0 Å². The molecule has 0 amide bonds. The molecule has 0 bridgehead atoms. The number of methoxy groups -OCH3 is 1. The van der Waals surface area contributed by atoms with Crippen molar-refractivity contribution in [1.29, 1.82) is 0 Å². The van der Waals surface area contributed by atoms with Gasteiger partial charge in [-0.1, -0.05) is 12.1 Å². The van der Waals surface area contributed by atoms with Crippen LogP contribution in [0.2, 0.25) is 0 Å². The number of carbonyl (C=O) groups is 1. The number of Topliss-reactive ketones (excluding diaryl/α,β-unsaturated/α-hetero) is 1. The van der Waals surface area contributed by atoms with Crippen LogP contribution in [0.3, 0.4) is 0 Å². The third-order valence-electron chi connectivity index (χ3n) is 5.64. The molecule has 0 aliphatic carbocycles. The van der Waals surface area contributed by atoms with Crippen LogP contribution in [0.4, 0.5) is 5.82 Å². The van der Waals surface area contributed by atoms with Gasteiger partial charge in [-0.05, 0) is 48.8 Å². The van der Waals surface area contributed by atoms with E-state index in [9.17, 15) is 4.79 Å². The zero-order valence-electron chi connectivity index (χ0n) is 18.6. The summed E-state index contributed by atoms with van der Waals surface area (Å²) >= 11 is 1.57. The summed E-state index contributed by atoms with van der Waals surface area (Å²) in [5, 5.41) is 1.25. The van der Waals surface area contributed by atoms with Gasteiger partial charge >= 0.3 is 0 Å². The van der Waals surface area contributed by atoms with E-state index in [2.05, 4.69) is 38.4 Å². The van der Waals surface area contributed by atoms with E-state index in [0.29, 0.717) is 36.9 Å². The first-order chi connectivity index (χ1) is 15.7. The van der Waals surface area contributed by atoms with Crippen LogP contribution < -0.4 is 14.4 Å². The number of carbonyl (C=O) groups excluding carboxylic acids is 1. The molecule has 0 unspecified atom stereocenters. The zero-order valence-corrected chi connectivity index (χ0v) is 19.4. The lowest BCUT2D eigenvalue weighted by molar-refractivity contribution is 0.0776. The van der Waals surface area contributed by atoms with Gasteiger partial charge in [-0.3, -0.25) is 9.69 Å². The third kappa shape index (κ3) is 5.38. The molecule has 1 fully saturated rings. The van der Waals surface area contributed by atoms with Crippen LogP contribution in [0.5, 0.6) is 11.5 Å². The Kier molecular flexibility index (Phi) is 7.57. The minimum atomic E-state index is -0.000970. The molecule has 4 rings (SSSR count). The first-order valence-electron chi connectivity index (χ1n) is 10.9. The van der Waals surface area contributed by atoms with Crippen molar-refractivity contribution in [1.82, 2.24) is 9.27 Å². The molecular formula is C24H29N3O4S. The molecule has 1 aromatic heterocycles. The van der Waals surface area contributed by atoms with Crippen LogP contribution in [-0.4, -0.2) is 74.7 Å². The average molecular weight is 456 g/mol. The maximum atomic E-state index is 11.5. The van der Waals surface area contributed by atoms with Gasteiger partial charge in [0.25, 0.3) is 0 Å². The maximum absolute atomic E-state index is 11.5. The number of fused-ring (bicyclic) bond motifs is 1. The lowest BCUT2D eigenvalue weighted by atomic mass is 10.1. The first kappa shape index (κ1) is 22.5. The van der Waals surface area contributed by atoms with Crippen LogP contribution in [0.25, 0.3) is 10.1 Å². The Bertz CT molecular complexity index is 1050. The summed E-state index contributed by atoms with van der Waals surface area (Å²) in [6.45, 7) is 8.01. The number of ether oxygens (including phenoxy) is 3. The van der Waals surface area contributed by atoms with Gasteiger partial charge in [-0.25, -0.2) is 0 Å². The Morgan fingerprint density at radius 1 is 1.03 bits per heavy atom. The van der Waals surface area contributed by atoms with Gasteiger partial charge in [0.05, 0.1) is 25.0 Å². The van der Waals surface area contributed by atoms with Gasteiger partial charge in [0.15, 0.2) is 17.3 Å². The highest BCUT2D eigenvalue weighted by molar-refractivity contribution is 7.13. The van der Waals surface area contributed by atoms with Crippen molar-refractivity contribution in [3.63, 3.8) is 0 Å². The molecule has 0 radical (unpaired) electrons. The van der Waals surface area contributed by atoms with Crippen LogP contribution in [0.15, 0.2) is 42.5 Å². The van der Waals surface area contributed by atoms with Crippen molar-refractivity contribution >= 4 is 33.2 Å². The van der Waals surface area contributed by atoms with Crippen molar-refractivity contribution in [2.45, 2.75) is 6.92 Å². The molecule has 0 spiro atoms. The van der Waals surface area contributed by atoms with Gasteiger partial charge in [-0.2, -0.15) is 4.37 Å². The number of hydrogen-bond donors (Lipinski definition) is 0. The van der Waals surface area contributed by atoms with E-state index in [-0.39, 0.29) is 5.78 Å². The van der Waals surface area contributed by atoms with E-state index in [4.69, 9.17) is 14.2 Å². The second-order valence-electron chi connectivity index (χ2n) is 7.71. The number of ketones is 1. The second-order valence-corrected chi connectivity index (χ2v) is 8.52. The fourth-order valence-electron chi connectivity index (χ4n) is 3.80. The molecule has 1 saturated heterocycles. The molecule has 2 aromatic carbocycles. The van der Waals surface area contributed by atoms with E-state index in [1.54, 1.807) is 36.8 Å². The van der Waals surface area contributed by atoms with Gasteiger partial charge in [0, 0.05) is 43.7 Å². The Hall–Kier alpha value is -2.68. The van der Waals surface area contributed by atoms with Crippen molar-refractivity contribution in [2.24, 2.45) is 0 Å². The summed E-state index contributed by atoms with van der Waals surface area (Å²) in [5.41, 5.74) is 0.605.